The van der Waals surface area contributed by atoms with E-state index in [0.29, 0.717) is 0 Å². The van der Waals surface area contributed by atoms with Crippen LogP contribution in [0.4, 0.5) is 0 Å². The Kier molecular flexibility index (Phi) is 7.99. The Bertz CT molecular complexity index is 628. The Balaban J connectivity index is 1.72. The molecule has 0 aliphatic carbocycles. The van der Waals surface area contributed by atoms with Gasteiger partial charge in [0.15, 0.2) is 0 Å². The van der Waals surface area contributed by atoms with Gasteiger partial charge in [0.25, 0.3) is 0 Å². The van der Waals surface area contributed by atoms with Crippen LogP contribution in [0.15, 0.2) is 48.5 Å². The van der Waals surface area contributed by atoms with Crippen LogP contribution in [0, 0.1) is 0 Å². The van der Waals surface area contributed by atoms with Crippen molar-refractivity contribution in [3.63, 3.8) is 0 Å². The molecular formula is C23H32O3. The Morgan fingerprint density at radius 2 is 1.62 bits per heavy atom. The molecule has 2 rings (SSSR count). The first kappa shape index (κ1) is 20.3. The summed E-state index contributed by atoms with van der Waals surface area (Å²) >= 11 is 0. The van der Waals surface area contributed by atoms with Crippen LogP contribution >= 0.6 is 0 Å². The number of methoxy groups -OCH3 is 1. The van der Waals surface area contributed by atoms with Crippen molar-refractivity contribution in [2.75, 3.05) is 13.7 Å². The van der Waals surface area contributed by atoms with Crippen LogP contribution in [0.1, 0.15) is 57.1 Å². The molecule has 0 saturated carbocycles. The second kappa shape index (κ2) is 10.2. The summed E-state index contributed by atoms with van der Waals surface area (Å²) < 4.78 is 11.1. The highest BCUT2D eigenvalue weighted by Crippen LogP contribution is 2.32. The summed E-state index contributed by atoms with van der Waals surface area (Å²) in [7, 11) is 1.67. The molecule has 0 bridgehead atoms. The molecular weight excluding hydrogens is 324 g/mol. The molecule has 0 heterocycles. The van der Waals surface area contributed by atoms with Crippen molar-refractivity contribution >= 4 is 0 Å². The lowest BCUT2D eigenvalue weighted by molar-refractivity contribution is 0.280. The van der Waals surface area contributed by atoms with E-state index in [1.807, 2.05) is 36.4 Å². The standard InChI is InChI=1S/C23H32O3/c1-23(2,20-15-19(18-24)16-22(17-20)25-3)13-9-4-5-10-14-26-21-11-7-6-8-12-21/h6-8,11-12,15-17,24H,4-5,9-10,13-14,18H2,1-3H3. The van der Waals surface area contributed by atoms with E-state index in [9.17, 15) is 5.11 Å². The van der Waals surface area contributed by atoms with Crippen molar-refractivity contribution in [2.24, 2.45) is 0 Å². The van der Waals surface area contributed by atoms with Crippen molar-refractivity contribution in [1.29, 1.82) is 0 Å². The molecule has 1 N–H and O–H groups in total. The highest BCUT2D eigenvalue weighted by Gasteiger charge is 2.21. The number of ether oxygens (including phenoxy) is 2. The average molecular weight is 357 g/mol. The molecule has 0 fully saturated rings. The van der Waals surface area contributed by atoms with E-state index in [0.717, 1.165) is 36.5 Å². The van der Waals surface area contributed by atoms with Gasteiger partial charge in [0.2, 0.25) is 0 Å². The van der Waals surface area contributed by atoms with Gasteiger partial charge in [-0.1, -0.05) is 57.4 Å². The van der Waals surface area contributed by atoms with Crippen LogP contribution < -0.4 is 9.47 Å². The van der Waals surface area contributed by atoms with E-state index >= 15 is 0 Å². The third-order valence-electron chi connectivity index (χ3n) is 4.87. The minimum atomic E-state index is 0.0433. The molecule has 0 spiro atoms. The molecule has 26 heavy (non-hydrogen) atoms. The minimum Gasteiger partial charge on any atom is -0.497 e. The van der Waals surface area contributed by atoms with Gasteiger partial charge in [0, 0.05) is 0 Å². The third kappa shape index (κ3) is 6.38. The van der Waals surface area contributed by atoms with E-state index in [1.54, 1.807) is 7.11 Å². The molecule has 2 aromatic carbocycles. The van der Waals surface area contributed by atoms with Gasteiger partial charge in [-0.15, -0.1) is 0 Å². The number of rotatable bonds is 11. The summed E-state index contributed by atoms with van der Waals surface area (Å²) in [5, 5.41) is 9.46. The van der Waals surface area contributed by atoms with Crippen LogP contribution in [0.25, 0.3) is 0 Å². The monoisotopic (exact) mass is 356 g/mol. The molecule has 142 valence electrons. The smallest absolute Gasteiger partial charge is 0.119 e. The normalized spacial score (nSPS) is 11.4. The Labute approximate surface area is 158 Å². The highest BCUT2D eigenvalue weighted by atomic mass is 16.5. The number of para-hydroxylation sites is 1. The van der Waals surface area contributed by atoms with E-state index < -0.39 is 0 Å². The zero-order valence-corrected chi connectivity index (χ0v) is 16.3. The van der Waals surface area contributed by atoms with Crippen molar-refractivity contribution in [3.05, 3.63) is 59.7 Å². The molecule has 0 amide bonds. The van der Waals surface area contributed by atoms with Crippen LogP contribution in [-0.2, 0) is 12.0 Å². The van der Waals surface area contributed by atoms with E-state index in [4.69, 9.17) is 9.47 Å². The van der Waals surface area contributed by atoms with Gasteiger partial charge in [0.1, 0.15) is 11.5 Å². The summed E-state index contributed by atoms with van der Waals surface area (Å²) in [6.07, 6.45) is 5.78. The van der Waals surface area contributed by atoms with E-state index in [1.165, 1.54) is 24.8 Å². The SMILES string of the molecule is COc1cc(CO)cc(C(C)(C)CCCCCCOc2ccccc2)c1. The first-order valence-corrected chi connectivity index (χ1v) is 9.52. The summed E-state index contributed by atoms with van der Waals surface area (Å²) in [6, 6.07) is 16.1. The molecule has 3 nitrogen and oxygen atoms in total. The minimum absolute atomic E-state index is 0.0433. The summed E-state index contributed by atoms with van der Waals surface area (Å²) in [5.74, 6) is 1.77. The van der Waals surface area contributed by atoms with E-state index in [-0.39, 0.29) is 12.0 Å². The number of benzene rings is 2. The molecule has 0 aliphatic rings. The molecule has 0 aromatic heterocycles. The Morgan fingerprint density at radius 3 is 2.31 bits per heavy atom. The van der Waals surface area contributed by atoms with Crippen LogP contribution in [0.2, 0.25) is 0 Å². The van der Waals surface area contributed by atoms with Crippen molar-refractivity contribution < 1.29 is 14.6 Å². The topological polar surface area (TPSA) is 38.7 Å². The van der Waals surface area contributed by atoms with Crippen molar-refractivity contribution in [1.82, 2.24) is 0 Å². The third-order valence-corrected chi connectivity index (χ3v) is 4.87. The summed E-state index contributed by atoms with van der Waals surface area (Å²) in [6.45, 7) is 5.35. The lowest BCUT2D eigenvalue weighted by atomic mass is 9.79. The molecule has 0 saturated heterocycles. The Morgan fingerprint density at radius 1 is 0.885 bits per heavy atom. The lowest BCUT2D eigenvalue weighted by Gasteiger charge is -2.26. The fraction of sp³-hybridized carbons (Fsp3) is 0.478. The summed E-state index contributed by atoms with van der Waals surface area (Å²) in [5.41, 5.74) is 2.21. The molecule has 0 radical (unpaired) electrons. The van der Waals surface area contributed by atoms with Crippen molar-refractivity contribution in [3.8, 4) is 11.5 Å². The number of aliphatic hydroxyl groups excluding tert-OH is 1. The Hall–Kier alpha value is -2.00. The predicted molar refractivity (Wildman–Crippen MR) is 107 cm³/mol. The van der Waals surface area contributed by atoms with Crippen LogP contribution in [0.3, 0.4) is 0 Å². The first-order chi connectivity index (χ1) is 12.5. The summed E-state index contributed by atoms with van der Waals surface area (Å²) in [4.78, 5) is 0. The average Bonchev–Trinajstić information content (AvgIpc) is 2.67. The number of unbranched alkanes of at least 4 members (excludes halogenated alkanes) is 3. The first-order valence-electron chi connectivity index (χ1n) is 9.52. The quantitative estimate of drug-likeness (QED) is 0.541. The number of hydrogen-bond acceptors (Lipinski definition) is 3. The van der Waals surface area contributed by atoms with Gasteiger partial charge in [-0.2, -0.15) is 0 Å². The van der Waals surface area contributed by atoms with Gasteiger partial charge in [0.05, 0.1) is 20.3 Å². The highest BCUT2D eigenvalue weighted by molar-refractivity contribution is 5.37. The van der Waals surface area contributed by atoms with Crippen molar-refractivity contribution in [2.45, 2.75) is 58.0 Å². The molecule has 3 heteroatoms. The van der Waals surface area contributed by atoms with Gasteiger partial charge in [-0.3, -0.25) is 0 Å². The molecule has 0 atom stereocenters. The number of hydrogen-bond donors (Lipinski definition) is 1. The fourth-order valence-electron chi connectivity index (χ4n) is 3.13. The second-order valence-corrected chi connectivity index (χ2v) is 7.44. The van der Waals surface area contributed by atoms with Crippen LogP contribution in [0.5, 0.6) is 11.5 Å². The predicted octanol–water partition coefficient (Wildman–Crippen LogP) is 5.49. The molecule has 2 aromatic rings. The lowest BCUT2D eigenvalue weighted by Crippen LogP contribution is -2.17. The maximum atomic E-state index is 9.46. The zero-order chi connectivity index (χ0) is 18.8. The largest absolute Gasteiger partial charge is 0.497 e. The maximum Gasteiger partial charge on any atom is 0.119 e. The fourth-order valence-corrected chi connectivity index (χ4v) is 3.13. The van der Waals surface area contributed by atoms with Crippen LogP contribution in [-0.4, -0.2) is 18.8 Å². The van der Waals surface area contributed by atoms with Gasteiger partial charge >= 0.3 is 0 Å². The van der Waals surface area contributed by atoms with Gasteiger partial charge in [-0.05, 0) is 53.6 Å². The zero-order valence-electron chi connectivity index (χ0n) is 16.3. The maximum absolute atomic E-state index is 9.46. The molecule has 0 aliphatic heterocycles. The number of aliphatic hydroxyl groups is 1. The second-order valence-electron chi connectivity index (χ2n) is 7.44. The van der Waals surface area contributed by atoms with Gasteiger partial charge in [-0.25, -0.2) is 0 Å². The van der Waals surface area contributed by atoms with Gasteiger partial charge < -0.3 is 14.6 Å². The molecule has 0 unspecified atom stereocenters. The van der Waals surface area contributed by atoms with E-state index in [2.05, 4.69) is 26.0 Å².